The molecular weight excluding hydrogens is 302 g/mol. The van der Waals surface area contributed by atoms with Crippen LogP contribution < -0.4 is 10.1 Å². The topological polar surface area (TPSA) is 46.1 Å². The lowest BCUT2D eigenvalue weighted by Crippen LogP contribution is -2.43. The van der Waals surface area contributed by atoms with Gasteiger partial charge >= 0.3 is 0 Å². The number of aliphatic imine (C=N–C) groups is 1. The molecule has 1 aliphatic heterocycles. The second kappa shape index (κ2) is 8.86. The Balaban J connectivity index is 1.69. The van der Waals surface area contributed by atoms with Gasteiger partial charge in [0.25, 0.3) is 0 Å². The summed E-state index contributed by atoms with van der Waals surface area (Å²) in [6.45, 7) is 3.00. The number of guanidine groups is 1. The van der Waals surface area contributed by atoms with E-state index in [2.05, 4.69) is 10.3 Å². The molecule has 1 aromatic carbocycles. The SMILES string of the molecule is CN=C(NCC1CCCO1)N(C)CCOc1ccc(Cl)cc1. The van der Waals surface area contributed by atoms with Gasteiger partial charge < -0.3 is 19.7 Å². The fourth-order valence-corrected chi connectivity index (χ4v) is 2.46. The van der Waals surface area contributed by atoms with Crippen molar-refractivity contribution in [1.82, 2.24) is 10.2 Å². The summed E-state index contributed by atoms with van der Waals surface area (Å²) in [6, 6.07) is 7.38. The Labute approximate surface area is 137 Å². The third-order valence-corrected chi connectivity index (χ3v) is 3.85. The highest BCUT2D eigenvalue weighted by Crippen LogP contribution is 2.15. The normalized spacial score (nSPS) is 18.3. The molecule has 1 N–H and O–H groups in total. The van der Waals surface area contributed by atoms with Crippen molar-refractivity contribution in [2.45, 2.75) is 18.9 Å². The zero-order valence-electron chi connectivity index (χ0n) is 13.2. The highest BCUT2D eigenvalue weighted by molar-refractivity contribution is 6.30. The Bertz CT molecular complexity index is 473. The van der Waals surface area contributed by atoms with Gasteiger partial charge in [0.15, 0.2) is 5.96 Å². The maximum atomic E-state index is 5.85. The van der Waals surface area contributed by atoms with Crippen molar-refractivity contribution in [2.24, 2.45) is 4.99 Å². The van der Waals surface area contributed by atoms with Crippen molar-refractivity contribution in [1.29, 1.82) is 0 Å². The van der Waals surface area contributed by atoms with Crippen molar-refractivity contribution in [3.05, 3.63) is 29.3 Å². The van der Waals surface area contributed by atoms with Crippen LogP contribution >= 0.6 is 11.6 Å². The molecule has 0 bridgehead atoms. The maximum Gasteiger partial charge on any atom is 0.193 e. The van der Waals surface area contributed by atoms with E-state index in [1.165, 1.54) is 0 Å². The molecule has 1 unspecified atom stereocenters. The van der Waals surface area contributed by atoms with Gasteiger partial charge in [-0.2, -0.15) is 0 Å². The Morgan fingerprint density at radius 3 is 2.86 bits per heavy atom. The summed E-state index contributed by atoms with van der Waals surface area (Å²) in [5.74, 6) is 1.68. The molecule has 6 heteroatoms. The summed E-state index contributed by atoms with van der Waals surface area (Å²) < 4.78 is 11.3. The number of rotatable bonds is 6. The molecule has 0 saturated carbocycles. The summed E-state index contributed by atoms with van der Waals surface area (Å²) in [4.78, 5) is 6.34. The van der Waals surface area contributed by atoms with E-state index in [-0.39, 0.29) is 0 Å². The first-order chi connectivity index (χ1) is 10.7. The lowest BCUT2D eigenvalue weighted by molar-refractivity contribution is 0.113. The van der Waals surface area contributed by atoms with Gasteiger partial charge in [0, 0.05) is 32.3 Å². The van der Waals surface area contributed by atoms with E-state index in [1.807, 2.05) is 36.2 Å². The maximum absolute atomic E-state index is 5.85. The summed E-state index contributed by atoms with van der Waals surface area (Å²) in [5.41, 5.74) is 0. The molecule has 22 heavy (non-hydrogen) atoms. The van der Waals surface area contributed by atoms with Gasteiger partial charge in [-0.05, 0) is 37.1 Å². The number of hydrogen-bond acceptors (Lipinski definition) is 3. The van der Waals surface area contributed by atoms with Gasteiger partial charge in [-0.1, -0.05) is 11.6 Å². The summed E-state index contributed by atoms with van der Waals surface area (Å²) in [5, 5.41) is 4.06. The molecule has 0 radical (unpaired) electrons. The van der Waals surface area contributed by atoms with E-state index >= 15 is 0 Å². The molecule has 122 valence electrons. The molecule has 0 amide bonds. The third kappa shape index (κ3) is 5.39. The first-order valence-electron chi connectivity index (χ1n) is 7.61. The van der Waals surface area contributed by atoms with Gasteiger partial charge in [0.05, 0.1) is 12.6 Å². The minimum Gasteiger partial charge on any atom is -0.492 e. The van der Waals surface area contributed by atoms with Crippen molar-refractivity contribution in [3.8, 4) is 5.75 Å². The number of nitrogens with one attached hydrogen (secondary N) is 1. The number of nitrogens with zero attached hydrogens (tertiary/aromatic N) is 2. The number of benzene rings is 1. The predicted octanol–water partition coefficient (Wildman–Crippen LogP) is 2.41. The van der Waals surface area contributed by atoms with Crippen LogP contribution in [0, 0.1) is 0 Å². The number of ether oxygens (including phenoxy) is 2. The summed E-state index contributed by atoms with van der Waals surface area (Å²) in [7, 11) is 3.78. The van der Waals surface area contributed by atoms with E-state index in [9.17, 15) is 0 Å². The highest BCUT2D eigenvalue weighted by atomic mass is 35.5. The number of likely N-dealkylation sites (N-methyl/N-ethyl adjacent to an activating group) is 1. The van der Waals surface area contributed by atoms with Gasteiger partial charge in [0.2, 0.25) is 0 Å². The molecule has 0 spiro atoms. The van der Waals surface area contributed by atoms with Gasteiger partial charge in [-0.3, -0.25) is 4.99 Å². The highest BCUT2D eigenvalue weighted by Gasteiger charge is 2.16. The van der Waals surface area contributed by atoms with Gasteiger partial charge in [0.1, 0.15) is 12.4 Å². The minimum absolute atomic E-state index is 0.301. The fraction of sp³-hybridized carbons (Fsp3) is 0.562. The van der Waals surface area contributed by atoms with E-state index in [0.717, 1.165) is 44.2 Å². The summed E-state index contributed by atoms with van der Waals surface area (Å²) >= 11 is 5.85. The van der Waals surface area contributed by atoms with Crippen LogP contribution in [0.3, 0.4) is 0 Å². The molecule has 1 aromatic rings. The number of hydrogen-bond donors (Lipinski definition) is 1. The van der Waals surface area contributed by atoms with Crippen LogP contribution in [0.4, 0.5) is 0 Å². The lowest BCUT2D eigenvalue weighted by Gasteiger charge is -2.23. The first-order valence-corrected chi connectivity index (χ1v) is 7.98. The quantitative estimate of drug-likeness (QED) is 0.644. The number of halogens is 1. The molecule has 5 nitrogen and oxygen atoms in total. The average molecular weight is 326 g/mol. The van der Waals surface area contributed by atoms with Crippen LogP contribution in [0.2, 0.25) is 5.02 Å². The second-order valence-electron chi connectivity index (χ2n) is 5.29. The van der Waals surface area contributed by atoms with E-state index in [4.69, 9.17) is 21.1 Å². The Kier molecular flexibility index (Phi) is 6.80. The first kappa shape index (κ1) is 16.9. The van der Waals surface area contributed by atoms with Crippen LogP contribution in [0.5, 0.6) is 5.75 Å². The Morgan fingerprint density at radius 1 is 1.45 bits per heavy atom. The fourth-order valence-electron chi connectivity index (χ4n) is 2.33. The zero-order chi connectivity index (χ0) is 15.8. The average Bonchev–Trinajstić information content (AvgIpc) is 3.03. The van der Waals surface area contributed by atoms with Crippen molar-refractivity contribution >= 4 is 17.6 Å². The molecular formula is C16H24ClN3O2. The van der Waals surface area contributed by atoms with Crippen molar-refractivity contribution < 1.29 is 9.47 Å². The van der Waals surface area contributed by atoms with Crippen molar-refractivity contribution in [2.75, 3.05) is 40.4 Å². The molecule has 0 aliphatic carbocycles. The van der Waals surface area contributed by atoms with Gasteiger partial charge in [-0.15, -0.1) is 0 Å². The van der Waals surface area contributed by atoms with Crippen LogP contribution in [0.15, 0.2) is 29.3 Å². The van der Waals surface area contributed by atoms with E-state index in [0.29, 0.717) is 17.7 Å². The minimum atomic E-state index is 0.301. The van der Waals surface area contributed by atoms with Crippen LogP contribution in [0.25, 0.3) is 0 Å². The van der Waals surface area contributed by atoms with Crippen LogP contribution in [-0.4, -0.2) is 57.4 Å². The molecule has 1 atom stereocenters. The van der Waals surface area contributed by atoms with Crippen molar-refractivity contribution in [3.63, 3.8) is 0 Å². The lowest BCUT2D eigenvalue weighted by atomic mass is 10.2. The molecule has 1 heterocycles. The Morgan fingerprint density at radius 2 is 2.23 bits per heavy atom. The Hall–Kier alpha value is -1.46. The standard InChI is InChI=1S/C16H24ClN3O2/c1-18-16(19-12-15-4-3-10-21-15)20(2)9-11-22-14-7-5-13(17)6-8-14/h5-8,15H,3-4,9-12H2,1-2H3,(H,18,19). The molecule has 1 saturated heterocycles. The molecule has 1 fully saturated rings. The molecule has 0 aromatic heterocycles. The predicted molar refractivity (Wildman–Crippen MR) is 89.9 cm³/mol. The zero-order valence-corrected chi connectivity index (χ0v) is 14.0. The van der Waals surface area contributed by atoms with E-state index in [1.54, 1.807) is 7.05 Å². The van der Waals surface area contributed by atoms with Crippen LogP contribution in [0.1, 0.15) is 12.8 Å². The summed E-state index contributed by atoms with van der Waals surface area (Å²) in [6.07, 6.45) is 2.57. The largest absolute Gasteiger partial charge is 0.492 e. The second-order valence-corrected chi connectivity index (χ2v) is 5.72. The molecule has 2 rings (SSSR count). The van der Waals surface area contributed by atoms with E-state index < -0.39 is 0 Å². The third-order valence-electron chi connectivity index (χ3n) is 3.59. The van der Waals surface area contributed by atoms with Crippen LogP contribution in [-0.2, 0) is 4.74 Å². The smallest absolute Gasteiger partial charge is 0.193 e. The monoisotopic (exact) mass is 325 g/mol. The molecule has 1 aliphatic rings. The van der Waals surface area contributed by atoms with Gasteiger partial charge in [-0.25, -0.2) is 0 Å².